The molecule has 2 atom stereocenters. The van der Waals surface area contributed by atoms with E-state index >= 15 is 0 Å². The van der Waals surface area contributed by atoms with Gasteiger partial charge < -0.3 is 9.64 Å². The number of nitrogens with zero attached hydrogens (tertiary/aromatic N) is 2. The van der Waals surface area contributed by atoms with Crippen molar-refractivity contribution in [2.45, 2.75) is 58.6 Å². The van der Waals surface area contributed by atoms with Crippen molar-refractivity contribution in [3.63, 3.8) is 0 Å². The van der Waals surface area contributed by atoms with Gasteiger partial charge in [0, 0.05) is 31.8 Å². The van der Waals surface area contributed by atoms with E-state index in [4.69, 9.17) is 9.72 Å². The largest absolute Gasteiger partial charge is 0.375 e. The molecule has 1 amide bonds. The van der Waals surface area contributed by atoms with Crippen LogP contribution < -0.4 is 0 Å². The highest BCUT2D eigenvalue weighted by atomic mass is 16.5. The fourth-order valence-electron chi connectivity index (χ4n) is 3.55. The second-order valence-corrected chi connectivity index (χ2v) is 6.67. The van der Waals surface area contributed by atoms with E-state index in [1.54, 1.807) is 7.11 Å². The molecule has 1 aromatic rings. The molecule has 1 aromatic heterocycles. The van der Waals surface area contributed by atoms with E-state index in [0.29, 0.717) is 6.54 Å². The van der Waals surface area contributed by atoms with Crippen molar-refractivity contribution in [3.8, 4) is 0 Å². The van der Waals surface area contributed by atoms with Crippen molar-refractivity contribution in [2.75, 3.05) is 13.7 Å². The summed E-state index contributed by atoms with van der Waals surface area (Å²) in [4.78, 5) is 19.1. The molecule has 3 rings (SSSR count). The SMILES string of the molecule is COC(C)c1nc2c(cc1CN1CCC(C)C1=O)CCCC2. The zero-order valence-electron chi connectivity index (χ0n) is 13.9. The molecule has 0 radical (unpaired) electrons. The zero-order chi connectivity index (χ0) is 15.7. The number of ether oxygens (including phenoxy) is 1. The van der Waals surface area contributed by atoms with Crippen LogP contribution in [0.2, 0.25) is 0 Å². The Morgan fingerprint density at radius 3 is 2.86 bits per heavy atom. The molecule has 2 aliphatic rings. The van der Waals surface area contributed by atoms with Gasteiger partial charge in [0.25, 0.3) is 0 Å². The first-order valence-electron chi connectivity index (χ1n) is 8.43. The Kier molecular flexibility index (Phi) is 4.48. The van der Waals surface area contributed by atoms with E-state index < -0.39 is 0 Å². The summed E-state index contributed by atoms with van der Waals surface area (Å²) in [6.45, 7) is 5.59. The monoisotopic (exact) mass is 302 g/mol. The van der Waals surface area contributed by atoms with Gasteiger partial charge in [0.15, 0.2) is 0 Å². The number of likely N-dealkylation sites (tertiary alicyclic amines) is 1. The average Bonchev–Trinajstić information content (AvgIpc) is 2.85. The number of hydrogen-bond acceptors (Lipinski definition) is 3. The molecule has 22 heavy (non-hydrogen) atoms. The molecule has 1 fully saturated rings. The van der Waals surface area contributed by atoms with Crippen molar-refractivity contribution < 1.29 is 9.53 Å². The number of carbonyl (C=O) groups excluding carboxylic acids is 1. The molecular formula is C18H26N2O2. The first-order valence-corrected chi connectivity index (χ1v) is 8.43. The number of amides is 1. The molecule has 1 aliphatic carbocycles. The van der Waals surface area contributed by atoms with Gasteiger partial charge in [0.1, 0.15) is 0 Å². The fraction of sp³-hybridized carbons (Fsp3) is 0.667. The molecule has 0 aromatic carbocycles. The van der Waals surface area contributed by atoms with Gasteiger partial charge in [-0.1, -0.05) is 13.0 Å². The molecule has 4 nitrogen and oxygen atoms in total. The average molecular weight is 302 g/mol. The molecule has 0 spiro atoms. The Morgan fingerprint density at radius 2 is 2.18 bits per heavy atom. The lowest BCUT2D eigenvalue weighted by molar-refractivity contribution is -0.131. The maximum absolute atomic E-state index is 12.2. The highest BCUT2D eigenvalue weighted by Crippen LogP contribution is 2.29. The summed E-state index contributed by atoms with van der Waals surface area (Å²) in [7, 11) is 1.72. The van der Waals surface area contributed by atoms with E-state index in [1.807, 2.05) is 18.7 Å². The van der Waals surface area contributed by atoms with Crippen LogP contribution in [-0.2, 0) is 28.9 Å². The predicted octanol–water partition coefficient (Wildman–Crippen LogP) is 3.04. The summed E-state index contributed by atoms with van der Waals surface area (Å²) in [6, 6.07) is 2.28. The summed E-state index contributed by atoms with van der Waals surface area (Å²) >= 11 is 0. The zero-order valence-corrected chi connectivity index (χ0v) is 13.9. The topological polar surface area (TPSA) is 42.4 Å². The molecule has 2 unspecified atom stereocenters. The summed E-state index contributed by atoms with van der Waals surface area (Å²) in [6.07, 6.45) is 5.58. The van der Waals surface area contributed by atoms with Crippen LogP contribution in [0.1, 0.15) is 61.7 Å². The molecule has 2 heterocycles. The van der Waals surface area contributed by atoms with Gasteiger partial charge in [-0.3, -0.25) is 9.78 Å². The lowest BCUT2D eigenvalue weighted by Crippen LogP contribution is -2.27. The predicted molar refractivity (Wildman–Crippen MR) is 85.5 cm³/mol. The minimum atomic E-state index is -0.0302. The van der Waals surface area contributed by atoms with Crippen LogP contribution in [0.3, 0.4) is 0 Å². The van der Waals surface area contributed by atoms with E-state index in [9.17, 15) is 4.79 Å². The molecule has 4 heteroatoms. The Hall–Kier alpha value is -1.42. The highest BCUT2D eigenvalue weighted by molar-refractivity contribution is 5.80. The van der Waals surface area contributed by atoms with Crippen molar-refractivity contribution in [2.24, 2.45) is 5.92 Å². The van der Waals surface area contributed by atoms with Crippen LogP contribution >= 0.6 is 0 Å². The van der Waals surface area contributed by atoms with E-state index in [0.717, 1.165) is 37.1 Å². The minimum Gasteiger partial charge on any atom is -0.375 e. The van der Waals surface area contributed by atoms with Crippen LogP contribution in [0.15, 0.2) is 6.07 Å². The minimum absolute atomic E-state index is 0.0302. The summed E-state index contributed by atoms with van der Waals surface area (Å²) in [5.41, 5.74) is 4.77. The Morgan fingerprint density at radius 1 is 1.41 bits per heavy atom. The van der Waals surface area contributed by atoms with Crippen molar-refractivity contribution >= 4 is 5.91 Å². The lowest BCUT2D eigenvalue weighted by atomic mass is 9.93. The Balaban J connectivity index is 1.92. The number of rotatable bonds is 4. The highest BCUT2D eigenvalue weighted by Gasteiger charge is 2.29. The van der Waals surface area contributed by atoms with Crippen molar-refractivity contribution in [1.29, 1.82) is 0 Å². The third-order valence-corrected chi connectivity index (χ3v) is 5.08. The second kappa shape index (κ2) is 6.37. The standard InChI is InChI=1S/C18H26N2O2/c1-12-8-9-20(18(12)21)11-15-10-14-6-4-5-7-16(14)19-17(15)13(2)22-3/h10,12-13H,4-9,11H2,1-3H3. The van der Waals surface area contributed by atoms with Gasteiger partial charge in [0.05, 0.1) is 11.8 Å². The summed E-state index contributed by atoms with van der Waals surface area (Å²) < 4.78 is 5.51. The van der Waals surface area contributed by atoms with Gasteiger partial charge in [-0.25, -0.2) is 0 Å². The number of hydrogen-bond donors (Lipinski definition) is 0. The van der Waals surface area contributed by atoms with E-state index in [1.165, 1.54) is 24.1 Å². The number of pyridine rings is 1. The summed E-state index contributed by atoms with van der Waals surface area (Å²) in [5.74, 6) is 0.433. The van der Waals surface area contributed by atoms with Gasteiger partial charge >= 0.3 is 0 Å². The van der Waals surface area contributed by atoms with E-state index in [2.05, 4.69) is 6.07 Å². The van der Waals surface area contributed by atoms with Crippen LogP contribution in [0, 0.1) is 5.92 Å². The maximum atomic E-state index is 12.2. The van der Waals surface area contributed by atoms with Crippen LogP contribution in [-0.4, -0.2) is 29.4 Å². The van der Waals surface area contributed by atoms with Gasteiger partial charge in [-0.05, 0) is 50.2 Å². The molecule has 1 saturated heterocycles. The fourth-order valence-corrected chi connectivity index (χ4v) is 3.55. The molecule has 0 bridgehead atoms. The first-order chi connectivity index (χ1) is 10.6. The number of fused-ring (bicyclic) bond motifs is 1. The number of aryl methyl sites for hydroxylation is 2. The second-order valence-electron chi connectivity index (χ2n) is 6.67. The van der Waals surface area contributed by atoms with Gasteiger partial charge in [-0.15, -0.1) is 0 Å². The van der Waals surface area contributed by atoms with Gasteiger partial charge in [-0.2, -0.15) is 0 Å². The van der Waals surface area contributed by atoms with Gasteiger partial charge in [0.2, 0.25) is 5.91 Å². The Bertz CT molecular complexity index is 570. The Labute approximate surface area is 132 Å². The molecule has 0 saturated carbocycles. The smallest absolute Gasteiger partial charge is 0.225 e. The van der Waals surface area contributed by atoms with Crippen LogP contribution in [0.5, 0.6) is 0 Å². The van der Waals surface area contributed by atoms with Crippen molar-refractivity contribution in [3.05, 3.63) is 28.6 Å². The van der Waals surface area contributed by atoms with Crippen LogP contribution in [0.25, 0.3) is 0 Å². The van der Waals surface area contributed by atoms with Crippen LogP contribution in [0.4, 0.5) is 0 Å². The third kappa shape index (κ3) is 2.89. The normalized spacial score (nSPS) is 22.8. The van der Waals surface area contributed by atoms with Crippen molar-refractivity contribution in [1.82, 2.24) is 9.88 Å². The number of methoxy groups -OCH3 is 1. The molecule has 1 aliphatic heterocycles. The molecule has 0 N–H and O–H groups in total. The maximum Gasteiger partial charge on any atom is 0.225 e. The number of carbonyl (C=O) groups is 1. The van der Waals surface area contributed by atoms with E-state index in [-0.39, 0.29) is 17.9 Å². The quantitative estimate of drug-likeness (QED) is 0.858. The number of aromatic nitrogens is 1. The third-order valence-electron chi connectivity index (χ3n) is 5.08. The molecular weight excluding hydrogens is 276 g/mol. The molecule has 120 valence electrons. The lowest BCUT2D eigenvalue weighted by Gasteiger charge is -2.24. The first kappa shape index (κ1) is 15.5. The summed E-state index contributed by atoms with van der Waals surface area (Å²) in [5, 5.41) is 0.